The summed E-state index contributed by atoms with van der Waals surface area (Å²) in [6.07, 6.45) is 0.921. The molecule has 1 saturated heterocycles. The maximum Gasteiger partial charge on any atom is 0.261 e. The molecule has 1 atom stereocenters. The van der Waals surface area contributed by atoms with Crippen molar-refractivity contribution >= 4 is 33.2 Å². The van der Waals surface area contributed by atoms with Crippen molar-refractivity contribution in [2.45, 2.75) is 19.3 Å². The van der Waals surface area contributed by atoms with Gasteiger partial charge in [0.2, 0.25) is 5.91 Å². The number of fused-ring (bicyclic) bond motifs is 1. The van der Waals surface area contributed by atoms with E-state index in [4.69, 9.17) is 0 Å². The van der Waals surface area contributed by atoms with Crippen LogP contribution < -0.4 is 5.32 Å². The van der Waals surface area contributed by atoms with Crippen molar-refractivity contribution in [3.8, 4) is 0 Å². The lowest BCUT2D eigenvalue weighted by molar-refractivity contribution is -0.127. The number of hydrogen-bond donors (Lipinski definition) is 1. The topological polar surface area (TPSA) is 49.4 Å². The molecule has 2 amide bonds. The number of nitrogens with zero attached hydrogens (tertiary/aromatic N) is 1. The van der Waals surface area contributed by atoms with E-state index >= 15 is 0 Å². The smallest absolute Gasteiger partial charge is 0.261 e. The Morgan fingerprint density at radius 2 is 2.10 bits per heavy atom. The molecule has 5 heteroatoms. The largest absolute Gasteiger partial charge is 0.354 e. The lowest BCUT2D eigenvalue weighted by Gasteiger charge is -2.15. The van der Waals surface area contributed by atoms with Gasteiger partial charge < -0.3 is 10.2 Å². The van der Waals surface area contributed by atoms with E-state index in [9.17, 15) is 9.59 Å². The molecule has 21 heavy (non-hydrogen) atoms. The van der Waals surface area contributed by atoms with Crippen LogP contribution in [0.4, 0.5) is 0 Å². The van der Waals surface area contributed by atoms with E-state index in [1.165, 1.54) is 11.3 Å². The number of likely N-dealkylation sites (tertiary alicyclic amines) is 1. The maximum atomic E-state index is 12.2. The number of carbonyl (C=O) groups is 2. The fourth-order valence-electron chi connectivity index (χ4n) is 3.03. The fourth-order valence-corrected chi connectivity index (χ4v) is 4.27. The SMILES string of the molecule is CNC(=O)c1sc2ccccc2c1[C@H]1CCN(C(C)=O)C1. The Balaban J connectivity index is 2.08. The summed E-state index contributed by atoms with van der Waals surface area (Å²) in [4.78, 5) is 26.4. The molecule has 1 fully saturated rings. The van der Waals surface area contributed by atoms with Gasteiger partial charge in [0, 0.05) is 37.7 Å². The summed E-state index contributed by atoms with van der Waals surface area (Å²) < 4.78 is 1.13. The normalized spacial score (nSPS) is 18.2. The van der Waals surface area contributed by atoms with Crippen LogP contribution in [0.25, 0.3) is 10.1 Å². The summed E-state index contributed by atoms with van der Waals surface area (Å²) in [6, 6.07) is 8.12. The monoisotopic (exact) mass is 302 g/mol. The highest BCUT2D eigenvalue weighted by molar-refractivity contribution is 7.21. The zero-order valence-corrected chi connectivity index (χ0v) is 13.0. The third-order valence-corrected chi connectivity index (χ3v) is 5.29. The van der Waals surface area contributed by atoms with Gasteiger partial charge in [-0.15, -0.1) is 11.3 Å². The molecule has 0 spiro atoms. The molecule has 110 valence electrons. The summed E-state index contributed by atoms with van der Waals surface area (Å²) in [5.41, 5.74) is 1.11. The molecule has 4 nitrogen and oxygen atoms in total. The Bertz CT molecular complexity index is 707. The van der Waals surface area contributed by atoms with Crippen LogP contribution in [0.15, 0.2) is 24.3 Å². The average molecular weight is 302 g/mol. The van der Waals surface area contributed by atoms with Gasteiger partial charge in [0.25, 0.3) is 5.91 Å². The van der Waals surface area contributed by atoms with Gasteiger partial charge >= 0.3 is 0 Å². The van der Waals surface area contributed by atoms with Crippen LogP contribution in [-0.2, 0) is 4.79 Å². The van der Waals surface area contributed by atoms with Gasteiger partial charge in [0.15, 0.2) is 0 Å². The second-order valence-corrected chi connectivity index (χ2v) is 6.42. The third-order valence-electron chi connectivity index (χ3n) is 4.11. The van der Waals surface area contributed by atoms with Crippen molar-refractivity contribution in [1.82, 2.24) is 10.2 Å². The highest BCUT2D eigenvalue weighted by Gasteiger charge is 2.31. The minimum Gasteiger partial charge on any atom is -0.354 e. The predicted octanol–water partition coefficient (Wildman–Crippen LogP) is 2.60. The Morgan fingerprint density at radius 1 is 1.33 bits per heavy atom. The number of carbonyl (C=O) groups excluding carboxylic acids is 2. The summed E-state index contributed by atoms with van der Waals surface area (Å²) in [7, 11) is 1.66. The molecule has 0 radical (unpaired) electrons. The standard InChI is InChI=1S/C16H18N2O2S/c1-10(19)18-8-7-11(9-18)14-12-5-3-4-6-13(12)21-15(14)16(20)17-2/h3-6,11H,7-9H2,1-2H3,(H,17,20)/t11-/m0/s1. The van der Waals surface area contributed by atoms with Crippen molar-refractivity contribution in [2.75, 3.05) is 20.1 Å². The molecule has 0 aliphatic carbocycles. The summed E-state index contributed by atoms with van der Waals surface area (Å²) in [5.74, 6) is 0.323. The first-order chi connectivity index (χ1) is 10.1. The van der Waals surface area contributed by atoms with Gasteiger partial charge in [-0.25, -0.2) is 0 Å². The number of rotatable bonds is 2. The van der Waals surface area contributed by atoms with Crippen molar-refractivity contribution < 1.29 is 9.59 Å². The minimum atomic E-state index is -0.0347. The van der Waals surface area contributed by atoms with Crippen LogP contribution in [0.2, 0.25) is 0 Å². The molecule has 0 bridgehead atoms. The van der Waals surface area contributed by atoms with Crippen molar-refractivity contribution in [3.63, 3.8) is 0 Å². The molecule has 1 aliphatic heterocycles. The van der Waals surface area contributed by atoms with Crippen molar-refractivity contribution in [3.05, 3.63) is 34.7 Å². The Kier molecular flexibility index (Phi) is 3.68. The molecule has 0 unspecified atom stereocenters. The first-order valence-electron chi connectivity index (χ1n) is 7.11. The highest BCUT2D eigenvalue weighted by Crippen LogP contribution is 2.40. The van der Waals surface area contributed by atoms with Gasteiger partial charge in [-0.1, -0.05) is 18.2 Å². The van der Waals surface area contributed by atoms with Crippen LogP contribution >= 0.6 is 11.3 Å². The van der Waals surface area contributed by atoms with E-state index in [2.05, 4.69) is 11.4 Å². The van der Waals surface area contributed by atoms with E-state index in [1.807, 2.05) is 23.1 Å². The molecular weight excluding hydrogens is 284 g/mol. The van der Waals surface area contributed by atoms with Crippen molar-refractivity contribution in [1.29, 1.82) is 0 Å². The third kappa shape index (κ3) is 2.42. The number of hydrogen-bond acceptors (Lipinski definition) is 3. The van der Waals surface area contributed by atoms with Crippen LogP contribution in [0, 0.1) is 0 Å². The second kappa shape index (κ2) is 5.48. The number of nitrogens with one attached hydrogen (secondary N) is 1. The molecule has 1 aromatic carbocycles. The Hall–Kier alpha value is -1.88. The van der Waals surface area contributed by atoms with Crippen LogP contribution in [-0.4, -0.2) is 36.9 Å². The maximum absolute atomic E-state index is 12.2. The molecule has 3 rings (SSSR count). The van der Waals surface area contributed by atoms with Crippen LogP contribution in [0.1, 0.15) is 34.5 Å². The van der Waals surface area contributed by atoms with Crippen LogP contribution in [0.5, 0.6) is 0 Å². The van der Waals surface area contributed by atoms with Crippen molar-refractivity contribution in [2.24, 2.45) is 0 Å². The molecule has 2 heterocycles. The molecule has 1 aromatic heterocycles. The lowest BCUT2D eigenvalue weighted by Crippen LogP contribution is -2.26. The molecular formula is C16H18N2O2S. The zero-order valence-electron chi connectivity index (χ0n) is 12.2. The van der Waals surface area contributed by atoms with E-state index in [0.29, 0.717) is 6.54 Å². The van der Waals surface area contributed by atoms with E-state index < -0.39 is 0 Å². The Labute approximate surface area is 127 Å². The summed E-state index contributed by atoms with van der Waals surface area (Å²) in [6.45, 7) is 3.09. The van der Waals surface area contributed by atoms with E-state index in [1.54, 1.807) is 14.0 Å². The molecule has 1 N–H and O–H groups in total. The van der Waals surface area contributed by atoms with Gasteiger partial charge in [0.05, 0.1) is 4.88 Å². The fraction of sp³-hybridized carbons (Fsp3) is 0.375. The first-order valence-corrected chi connectivity index (χ1v) is 7.92. The molecule has 0 saturated carbocycles. The zero-order chi connectivity index (χ0) is 15.0. The summed E-state index contributed by atoms with van der Waals surface area (Å²) in [5, 5.41) is 3.88. The minimum absolute atomic E-state index is 0.0347. The van der Waals surface area contributed by atoms with Gasteiger partial charge in [-0.2, -0.15) is 0 Å². The van der Waals surface area contributed by atoms with Gasteiger partial charge in [-0.3, -0.25) is 9.59 Å². The van der Waals surface area contributed by atoms with E-state index in [0.717, 1.165) is 33.5 Å². The average Bonchev–Trinajstić information content (AvgIpc) is 3.10. The summed E-state index contributed by atoms with van der Waals surface area (Å²) >= 11 is 1.54. The quantitative estimate of drug-likeness (QED) is 0.927. The lowest BCUT2D eigenvalue weighted by atomic mass is 9.95. The second-order valence-electron chi connectivity index (χ2n) is 5.37. The number of thiophene rings is 1. The predicted molar refractivity (Wildman–Crippen MR) is 84.8 cm³/mol. The Morgan fingerprint density at radius 3 is 2.76 bits per heavy atom. The van der Waals surface area contributed by atoms with Gasteiger partial charge in [-0.05, 0) is 23.4 Å². The first kappa shape index (κ1) is 14.1. The van der Waals surface area contributed by atoms with Crippen LogP contribution in [0.3, 0.4) is 0 Å². The molecule has 2 aromatic rings. The number of amides is 2. The van der Waals surface area contributed by atoms with Gasteiger partial charge in [0.1, 0.15) is 0 Å². The highest BCUT2D eigenvalue weighted by atomic mass is 32.1. The van der Waals surface area contributed by atoms with E-state index in [-0.39, 0.29) is 17.7 Å². The number of benzene rings is 1. The molecule has 1 aliphatic rings.